The molecular weight excluding hydrogens is 462 g/mol. The van der Waals surface area contributed by atoms with E-state index in [-0.39, 0.29) is 5.91 Å². The van der Waals surface area contributed by atoms with Gasteiger partial charge in [-0.25, -0.2) is 4.98 Å². The Morgan fingerprint density at radius 2 is 1.76 bits per heavy atom. The summed E-state index contributed by atoms with van der Waals surface area (Å²) < 4.78 is 0.707. The summed E-state index contributed by atoms with van der Waals surface area (Å²) in [5, 5.41) is 4.00. The number of carbonyl (C=O) groups excluding carboxylic acids is 1. The summed E-state index contributed by atoms with van der Waals surface area (Å²) in [7, 11) is 0. The van der Waals surface area contributed by atoms with Crippen LogP contribution in [-0.2, 0) is 6.54 Å². The molecule has 0 spiro atoms. The van der Waals surface area contributed by atoms with E-state index in [0.717, 1.165) is 47.5 Å². The SMILES string of the molecule is CCCCN(CCCNC(=O)c1cc(-c2ccc(Cl)s2)nc2ccccc12)Cc1ccccc1. The lowest BCUT2D eigenvalue weighted by Gasteiger charge is -2.22. The second-order valence-corrected chi connectivity index (χ2v) is 10.1. The minimum Gasteiger partial charge on any atom is -0.352 e. The van der Waals surface area contributed by atoms with Gasteiger partial charge < -0.3 is 5.32 Å². The number of carbonyl (C=O) groups is 1. The molecule has 34 heavy (non-hydrogen) atoms. The van der Waals surface area contributed by atoms with Gasteiger partial charge in [0.1, 0.15) is 0 Å². The molecular formula is C28H30ClN3OS. The number of nitrogens with one attached hydrogen (secondary N) is 1. The molecule has 2 aromatic heterocycles. The molecule has 0 aliphatic carbocycles. The molecule has 0 bridgehead atoms. The van der Waals surface area contributed by atoms with Crippen LogP contribution in [0.3, 0.4) is 0 Å². The van der Waals surface area contributed by atoms with E-state index in [1.165, 1.54) is 29.7 Å². The number of benzene rings is 2. The van der Waals surface area contributed by atoms with E-state index < -0.39 is 0 Å². The van der Waals surface area contributed by atoms with E-state index >= 15 is 0 Å². The van der Waals surface area contributed by atoms with Gasteiger partial charge in [0.05, 0.1) is 26.0 Å². The first-order valence-electron chi connectivity index (χ1n) is 11.8. The van der Waals surface area contributed by atoms with Crippen molar-refractivity contribution in [1.82, 2.24) is 15.2 Å². The predicted octanol–water partition coefficient (Wildman–Crippen LogP) is 7.04. The minimum absolute atomic E-state index is 0.0642. The van der Waals surface area contributed by atoms with Crippen molar-refractivity contribution in [2.75, 3.05) is 19.6 Å². The lowest BCUT2D eigenvalue weighted by atomic mass is 10.1. The van der Waals surface area contributed by atoms with Crippen molar-refractivity contribution in [1.29, 1.82) is 0 Å². The summed E-state index contributed by atoms with van der Waals surface area (Å²) in [6.07, 6.45) is 3.26. The van der Waals surface area contributed by atoms with Crippen molar-refractivity contribution in [3.05, 3.63) is 88.3 Å². The van der Waals surface area contributed by atoms with E-state index in [1.807, 2.05) is 42.5 Å². The highest BCUT2D eigenvalue weighted by molar-refractivity contribution is 7.19. The van der Waals surface area contributed by atoms with E-state index in [0.29, 0.717) is 16.4 Å². The molecule has 0 saturated carbocycles. The molecule has 1 amide bonds. The molecule has 0 atom stereocenters. The van der Waals surface area contributed by atoms with Crippen LogP contribution in [0.25, 0.3) is 21.5 Å². The van der Waals surface area contributed by atoms with Gasteiger partial charge in [-0.3, -0.25) is 9.69 Å². The van der Waals surface area contributed by atoms with Crippen molar-refractivity contribution in [2.24, 2.45) is 0 Å². The van der Waals surface area contributed by atoms with Crippen LogP contribution in [0.1, 0.15) is 42.1 Å². The first-order chi connectivity index (χ1) is 16.6. The highest BCUT2D eigenvalue weighted by Crippen LogP contribution is 2.32. The highest BCUT2D eigenvalue weighted by atomic mass is 35.5. The number of unbranched alkanes of at least 4 members (excludes halogenated alkanes) is 1. The molecule has 6 heteroatoms. The molecule has 176 valence electrons. The predicted molar refractivity (Wildman–Crippen MR) is 144 cm³/mol. The molecule has 0 fully saturated rings. The van der Waals surface area contributed by atoms with Crippen LogP contribution in [0.4, 0.5) is 0 Å². The molecule has 2 aromatic carbocycles. The second-order valence-electron chi connectivity index (χ2n) is 8.40. The number of nitrogens with zero attached hydrogens (tertiary/aromatic N) is 2. The number of halogens is 1. The summed E-state index contributed by atoms with van der Waals surface area (Å²) in [5.74, 6) is -0.0642. The maximum absolute atomic E-state index is 13.2. The fraction of sp³-hybridized carbons (Fsp3) is 0.286. The van der Waals surface area contributed by atoms with Gasteiger partial charge in [0.25, 0.3) is 5.91 Å². The zero-order valence-electron chi connectivity index (χ0n) is 19.5. The Balaban J connectivity index is 1.41. The monoisotopic (exact) mass is 491 g/mol. The minimum atomic E-state index is -0.0642. The molecule has 0 aliphatic rings. The summed E-state index contributed by atoms with van der Waals surface area (Å²) >= 11 is 7.60. The van der Waals surface area contributed by atoms with Crippen LogP contribution in [0.2, 0.25) is 4.34 Å². The Morgan fingerprint density at radius 1 is 1.00 bits per heavy atom. The van der Waals surface area contributed by atoms with Gasteiger partial charge in [0.15, 0.2) is 0 Å². The average Bonchev–Trinajstić information content (AvgIpc) is 3.31. The van der Waals surface area contributed by atoms with E-state index in [2.05, 4.69) is 47.5 Å². The van der Waals surface area contributed by atoms with Crippen molar-refractivity contribution in [3.63, 3.8) is 0 Å². The number of pyridine rings is 1. The summed E-state index contributed by atoms with van der Waals surface area (Å²) in [4.78, 5) is 21.4. The zero-order chi connectivity index (χ0) is 23.8. The Labute approximate surface area is 210 Å². The van der Waals surface area contributed by atoms with Crippen LogP contribution in [-0.4, -0.2) is 35.4 Å². The number of aromatic nitrogens is 1. The van der Waals surface area contributed by atoms with E-state index in [9.17, 15) is 4.79 Å². The van der Waals surface area contributed by atoms with Crippen LogP contribution >= 0.6 is 22.9 Å². The zero-order valence-corrected chi connectivity index (χ0v) is 21.0. The second kappa shape index (κ2) is 12.1. The quantitative estimate of drug-likeness (QED) is 0.229. The van der Waals surface area contributed by atoms with Crippen LogP contribution in [0, 0.1) is 0 Å². The maximum Gasteiger partial charge on any atom is 0.252 e. The lowest BCUT2D eigenvalue weighted by Crippen LogP contribution is -2.30. The van der Waals surface area contributed by atoms with Gasteiger partial charge in [0, 0.05) is 25.0 Å². The van der Waals surface area contributed by atoms with Crippen molar-refractivity contribution >= 4 is 39.7 Å². The molecule has 0 unspecified atom stereocenters. The highest BCUT2D eigenvalue weighted by Gasteiger charge is 2.15. The maximum atomic E-state index is 13.2. The van der Waals surface area contributed by atoms with Gasteiger partial charge in [-0.1, -0.05) is 73.5 Å². The number of fused-ring (bicyclic) bond motifs is 1. The molecule has 2 heterocycles. The van der Waals surface area contributed by atoms with Gasteiger partial charge in [0.2, 0.25) is 0 Å². The summed E-state index contributed by atoms with van der Waals surface area (Å²) in [5.41, 5.74) is 3.56. The Morgan fingerprint density at radius 3 is 2.53 bits per heavy atom. The first-order valence-corrected chi connectivity index (χ1v) is 13.0. The van der Waals surface area contributed by atoms with Crippen LogP contribution < -0.4 is 5.32 Å². The van der Waals surface area contributed by atoms with Crippen LogP contribution in [0.15, 0.2) is 72.8 Å². The number of hydrogen-bond donors (Lipinski definition) is 1. The van der Waals surface area contributed by atoms with Crippen molar-refractivity contribution in [2.45, 2.75) is 32.7 Å². The Bertz CT molecular complexity index is 1220. The molecule has 4 rings (SSSR count). The third-order valence-electron chi connectivity index (χ3n) is 5.80. The van der Waals surface area contributed by atoms with Crippen LogP contribution in [0.5, 0.6) is 0 Å². The molecule has 0 radical (unpaired) electrons. The molecule has 4 nitrogen and oxygen atoms in total. The van der Waals surface area contributed by atoms with E-state index in [1.54, 1.807) is 0 Å². The lowest BCUT2D eigenvalue weighted by molar-refractivity contribution is 0.0953. The fourth-order valence-corrected chi connectivity index (χ4v) is 5.04. The fourth-order valence-electron chi connectivity index (χ4n) is 4.03. The first kappa shape index (κ1) is 24.4. The number of thiophene rings is 1. The van der Waals surface area contributed by atoms with Gasteiger partial charge in [-0.05, 0) is 49.2 Å². The van der Waals surface area contributed by atoms with Gasteiger partial charge in [-0.2, -0.15) is 0 Å². The number of para-hydroxylation sites is 1. The molecule has 0 saturated heterocycles. The standard InChI is InChI=1S/C28H30ClN3OS/c1-2-3-17-32(20-21-10-5-4-6-11-21)18-9-16-30-28(33)23-19-25(26-14-15-27(29)34-26)31-24-13-8-7-12-22(23)24/h4-8,10-15,19H,2-3,9,16-18,20H2,1H3,(H,30,33). The number of hydrogen-bond acceptors (Lipinski definition) is 4. The van der Waals surface area contributed by atoms with Gasteiger partial charge in [-0.15, -0.1) is 11.3 Å². The number of rotatable bonds is 11. The third-order valence-corrected chi connectivity index (χ3v) is 7.05. The van der Waals surface area contributed by atoms with Crippen molar-refractivity contribution < 1.29 is 4.79 Å². The molecule has 1 N–H and O–H groups in total. The third kappa shape index (κ3) is 6.44. The summed E-state index contributed by atoms with van der Waals surface area (Å²) in [6, 6.07) is 24.0. The van der Waals surface area contributed by atoms with Gasteiger partial charge >= 0.3 is 0 Å². The largest absolute Gasteiger partial charge is 0.352 e. The normalized spacial score (nSPS) is 11.3. The molecule has 0 aliphatic heterocycles. The van der Waals surface area contributed by atoms with E-state index in [4.69, 9.17) is 16.6 Å². The van der Waals surface area contributed by atoms with Crippen molar-refractivity contribution in [3.8, 4) is 10.6 Å². The Kier molecular flexibility index (Phi) is 8.69. The summed E-state index contributed by atoms with van der Waals surface area (Å²) in [6.45, 7) is 5.81. The number of amides is 1. The Hall–Kier alpha value is -2.73. The topological polar surface area (TPSA) is 45.2 Å². The molecule has 4 aromatic rings. The smallest absolute Gasteiger partial charge is 0.252 e. The average molecular weight is 492 g/mol.